The van der Waals surface area contributed by atoms with Crippen molar-refractivity contribution in [3.05, 3.63) is 69.7 Å². The second kappa shape index (κ2) is 14.3. The highest BCUT2D eigenvalue weighted by molar-refractivity contribution is 6.55. The summed E-state index contributed by atoms with van der Waals surface area (Å²) in [5.41, 5.74) is 3.52. The molecule has 1 atom stereocenters. The van der Waals surface area contributed by atoms with Crippen molar-refractivity contribution in [2.75, 3.05) is 13.2 Å². The fourth-order valence-electron chi connectivity index (χ4n) is 3.05. The number of aryl methyl sites for hydroxylation is 2. The molecule has 2 rings (SSSR count). The lowest BCUT2D eigenvalue weighted by molar-refractivity contribution is 0.132. The number of alkyl halides is 1. The van der Waals surface area contributed by atoms with Gasteiger partial charge in [-0.05, 0) is 61.1 Å². The van der Waals surface area contributed by atoms with Gasteiger partial charge < -0.3 is 14.3 Å². The Bertz CT molecular complexity index is 872. The Balaban J connectivity index is 1.89. The molecule has 7 heteroatoms. The van der Waals surface area contributed by atoms with E-state index in [2.05, 4.69) is 19.0 Å². The molecule has 0 bridgehead atoms. The smallest absolute Gasteiger partial charge is 0.172 e. The van der Waals surface area contributed by atoms with Gasteiger partial charge in [-0.1, -0.05) is 84.1 Å². The van der Waals surface area contributed by atoms with E-state index in [0.717, 1.165) is 53.2 Å². The van der Waals surface area contributed by atoms with E-state index in [9.17, 15) is 0 Å². The lowest BCUT2D eigenvalue weighted by atomic mass is 10.0. The number of ether oxygens (including phenoxy) is 2. The van der Waals surface area contributed by atoms with E-state index in [1.165, 1.54) is 0 Å². The molecule has 174 valence electrons. The molecule has 0 aliphatic carbocycles. The SMILES string of the molecule is CCc1cc(OCC=C(Cl)Cl)cc(CC)c1OC(Cl)CCCON=C(C)c1ccccc1. The maximum atomic E-state index is 6.49. The Labute approximate surface area is 206 Å². The quantitative estimate of drug-likeness (QED) is 0.123. The molecule has 0 saturated carbocycles. The first-order valence-electron chi connectivity index (χ1n) is 10.8. The lowest BCUT2D eigenvalue weighted by Gasteiger charge is -2.20. The van der Waals surface area contributed by atoms with Gasteiger partial charge in [-0.15, -0.1) is 0 Å². The predicted molar refractivity (Wildman–Crippen MR) is 135 cm³/mol. The molecule has 1 unspecified atom stereocenters. The van der Waals surface area contributed by atoms with Gasteiger partial charge >= 0.3 is 0 Å². The first-order valence-corrected chi connectivity index (χ1v) is 12.0. The van der Waals surface area contributed by atoms with Crippen molar-refractivity contribution < 1.29 is 14.3 Å². The Hall–Kier alpha value is -1.88. The fraction of sp³-hybridized carbons (Fsp3) is 0.400. The van der Waals surface area contributed by atoms with Gasteiger partial charge in [0.2, 0.25) is 0 Å². The number of oxime groups is 1. The van der Waals surface area contributed by atoms with Crippen LogP contribution < -0.4 is 9.47 Å². The summed E-state index contributed by atoms with van der Waals surface area (Å²) in [5, 5.41) is 4.17. The molecule has 0 aliphatic heterocycles. The topological polar surface area (TPSA) is 40.0 Å². The standard InChI is InChI=1S/C25H30Cl3NO3/c1-4-19-16-22(30-15-13-23(26)27)17-20(5-2)25(19)32-24(28)12-9-14-31-29-18(3)21-10-7-6-8-11-21/h6-8,10-11,13,16-17,24H,4-5,9,12,14-15H2,1-3H3. The molecule has 2 aromatic rings. The zero-order valence-corrected chi connectivity index (χ0v) is 21.0. The second-order valence-electron chi connectivity index (χ2n) is 7.13. The average molecular weight is 499 g/mol. The van der Waals surface area contributed by atoms with E-state index in [1.54, 1.807) is 6.08 Å². The van der Waals surface area contributed by atoms with Gasteiger partial charge in [-0.3, -0.25) is 0 Å². The van der Waals surface area contributed by atoms with Gasteiger partial charge in [0.05, 0.1) is 5.71 Å². The van der Waals surface area contributed by atoms with Gasteiger partial charge in [-0.2, -0.15) is 0 Å². The fourth-order valence-corrected chi connectivity index (χ4v) is 3.42. The summed E-state index contributed by atoms with van der Waals surface area (Å²) in [6, 6.07) is 13.9. The molecule has 2 aromatic carbocycles. The Kier molecular flexibility index (Phi) is 11.8. The summed E-state index contributed by atoms with van der Waals surface area (Å²) in [6.07, 6.45) is 4.57. The van der Waals surface area contributed by atoms with E-state index in [1.807, 2.05) is 49.4 Å². The Morgan fingerprint density at radius 3 is 2.31 bits per heavy atom. The van der Waals surface area contributed by atoms with Crippen LogP contribution in [0.3, 0.4) is 0 Å². The van der Waals surface area contributed by atoms with E-state index in [4.69, 9.17) is 49.1 Å². The number of halogens is 3. The molecule has 0 N–H and O–H groups in total. The number of hydrogen-bond donors (Lipinski definition) is 0. The van der Waals surface area contributed by atoms with Gasteiger partial charge in [0.1, 0.15) is 29.2 Å². The first-order chi connectivity index (χ1) is 15.4. The van der Waals surface area contributed by atoms with Crippen molar-refractivity contribution >= 4 is 40.5 Å². The minimum atomic E-state index is -0.460. The van der Waals surface area contributed by atoms with Crippen LogP contribution in [0.2, 0.25) is 0 Å². The van der Waals surface area contributed by atoms with Crippen molar-refractivity contribution in [1.82, 2.24) is 0 Å². The average Bonchev–Trinajstić information content (AvgIpc) is 2.79. The molecule has 0 aliphatic rings. The number of rotatable bonds is 13. The normalized spacial score (nSPS) is 12.2. The van der Waals surface area contributed by atoms with Crippen LogP contribution >= 0.6 is 34.8 Å². The molecule has 0 radical (unpaired) electrons. The summed E-state index contributed by atoms with van der Waals surface area (Å²) in [5.74, 6) is 1.58. The number of nitrogens with zero attached hydrogens (tertiary/aromatic N) is 1. The minimum absolute atomic E-state index is 0.186. The number of hydrogen-bond acceptors (Lipinski definition) is 4. The Morgan fingerprint density at radius 1 is 1.06 bits per heavy atom. The molecule has 0 spiro atoms. The molecule has 0 fully saturated rings. The summed E-state index contributed by atoms with van der Waals surface area (Å²) in [6.45, 7) is 6.85. The zero-order chi connectivity index (χ0) is 23.3. The monoisotopic (exact) mass is 497 g/mol. The van der Waals surface area contributed by atoms with Crippen LogP contribution in [-0.2, 0) is 17.7 Å². The molecule has 0 amide bonds. The lowest BCUT2D eigenvalue weighted by Crippen LogP contribution is -2.13. The van der Waals surface area contributed by atoms with Crippen molar-refractivity contribution in [3.63, 3.8) is 0 Å². The predicted octanol–water partition coefficient (Wildman–Crippen LogP) is 7.67. The first kappa shape index (κ1) is 26.4. The second-order valence-corrected chi connectivity index (χ2v) is 8.62. The van der Waals surface area contributed by atoms with E-state index >= 15 is 0 Å². The summed E-state index contributed by atoms with van der Waals surface area (Å²) < 4.78 is 12.0. The van der Waals surface area contributed by atoms with Gasteiger partial charge in [0.25, 0.3) is 0 Å². The highest BCUT2D eigenvalue weighted by atomic mass is 35.5. The maximum Gasteiger partial charge on any atom is 0.172 e. The molecular weight excluding hydrogens is 469 g/mol. The summed E-state index contributed by atoms with van der Waals surface area (Å²) in [4.78, 5) is 5.44. The van der Waals surface area contributed by atoms with Crippen LogP contribution in [0.1, 0.15) is 50.3 Å². The zero-order valence-electron chi connectivity index (χ0n) is 18.7. The number of benzene rings is 2. The Morgan fingerprint density at radius 2 is 1.72 bits per heavy atom. The third-order valence-electron chi connectivity index (χ3n) is 4.77. The largest absolute Gasteiger partial charge is 0.489 e. The minimum Gasteiger partial charge on any atom is -0.489 e. The van der Waals surface area contributed by atoms with Crippen LogP contribution in [-0.4, -0.2) is 24.5 Å². The van der Waals surface area contributed by atoms with E-state index < -0.39 is 5.56 Å². The maximum absolute atomic E-state index is 6.49. The van der Waals surface area contributed by atoms with Gasteiger partial charge in [-0.25, -0.2) is 0 Å². The molecular formula is C25H30Cl3NO3. The molecule has 32 heavy (non-hydrogen) atoms. The third kappa shape index (κ3) is 8.93. The highest BCUT2D eigenvalue weighted by Gasteiger charge is 2.15. The van der Waals surface area contributed by atoms with Crippen molar-refractivity contribution in [3.8, 4) is 11.5 Å². The van der Waals surface area contributed by atoms with Gasteiger partial charge in [0, 0.05) is 6.42 Å². The van der Waals surface area contributed by atoms with E-state index in [0.29, 0.717) is 19.6 Å². The summed E-state index contributed by atoms with van der Waals surface area (Å²) in [7, 11) is 0. The van der Waals surface area contributed by atoms with Crippen LogP contribution in [0.25, 0.3) is 0 Å². The summed E-state index contributed by atoms with van der Waals surface area (Å²) >= 11 is 17.8. The molecule has 0 heterocycles. The van der Waals surface area contributed by atoms with Crippen molar-refractivity contribution in [2.45, 2.75) is 52.0 Å². The van der Waals surface area contributed by atoms with Crippen molar-refractivity contribution in [2.24, 2.45) is 5.16 Å². The van der Waals surface area contributed by atoms with Crippen LogP contribution in [0, 0.1) is 0 Å². The molecule has 0 saturated heterocycles. The van der Waals surface area contributed by atoms with Gasteiger partial charge in [0.15, 0.2) is 5.56 Å². The molecule has 0 aromatic heterocycles. The van der Waals surface area contributed by atoms with Crippen LogP contribution in [0.15, 0.2) is 58.2 Å². The van der Waals surface area contributed by atoms with Crippen molar-refractivity contribution in [1.29, 1.82) is 0 Å². The van der Waals surface area contributed by atoms with E-state index in [-0.39, 0.29) is 4.49 Å². The molecule has 4 nitrogen and oxygen atoms in total. The van der Waals surface area contributed by atoms with Crippen LogP contribution in [0.5, 0.6) is 11.5 Å². The van der Waals surface area contributed by atoms with Crippen LogP contribution in [0.4, 0.5) is 0 Å². The third-order valence-corrected chi connectivity index (χ3v) is 5.39. The highest BCUT2D eigenvalue weighted by Crippen LogP contribution is 2.32.